The summed E-state index contributed by atoms with van der Waals surface area (Å²) < 4.78 is 28.1. The van der Waals surface area contributed by atoms with Crippen molar-refractivity contribution in [2.75, 3.05) is 13.7 Å². The zero-order chi connectivity index (χ0) is 15.2. The normalized spacial score (nSPS) is 11.6. The molecular formula is C13H19NO5S. The third-order valence-electron chi connectivity index (χ3n) is 2.31. The van der Waals surface area contributed by atoms with Gasteiger partial charge in [-0.3, -0.25) is 4.84 Å². The third-order valence-corrected chi connectivity index (χ3v) is 3.39. The predicted octanol–water partition coefficient (Wildman–Crippen LogP) is 1.48. The molecule has 0 fully saturated rings. The molecule has 0 radical (unpaired) electrons. The summed E-state index contributed by atoms with van der Waals surface area (Å²) in [5.41, 5.74) is 0.789. The summed E-state index contributed by atoms with van der Waals surface area (Å²) in [4.78, 5) is 18.3. The largest absolute Gasteiger partial charge is 0.465 e. The van der Waals surface area contributed by atoms with Crippen LogP contribution in [0.1, 0.15) is 29.8 Å². The number of nitrogens with one attached hydrogen (secondary N) is 1. The van der Waals surface area contributed by atoms with Gasteiger partial charge in [-0.05, 0) is 23.6 Å². The lowest BCUT2D eigenvalue weighted by Crippen LogP contribution is -2.27. The Kier molecular flexibility index (Phi) is 6.12. The van der Waals surface area contributed by atoms with E-state index in [-0.39, 0.29) is 11.7 Å². The maximum absolute atomic E-state index is 11.8. The van der Waals surface area contributed by atoms with Crippen LogP contribution in [0.25, 0.3) is 0 Å². The molecule has 1 rings (SSSR count). The number of esters is 1. The highest BCUT2D eigenvalue weighted by Gasteiger charge is 2.14. The molecule has 1 N–H and O–H groups in total. The van der Waals surface area contributed by atoms with E-state index in [0.717, 1.165) is 0 Å². The fourth-order valence-electron chi connectivity index (χ4n) is 1.45. The number of hydrogen-bond donors (Lipinski definition) is 1. The first-order valence-corrected chi connectivity index (χ1v) is 7.78. The number of carbonyl (C=O) groups is 1. The van der Waals surface area contributed by atoms with E-state index in [1.165, 1.54) is 13.2 Å². The third kappa shape index (κ3) is 5.68. The van der Waals surface area contributed by atoms with Crippen molar-refractivity contribution in [3.05, 3.63) is 35.4 Å². The highest BCUT2D eigenvalue weighted by molar-refractivity contribution is 7.88. The zero-order valence-electron chi connectivity index (χ0n) is 11.8. The second-order valence-corrected chi connectivity index (χ2v) is 6.42. The van der Waals surface area contributed by atoms with Crippen LogP contribution in [0.5, 0.6) is 0 Å². The number of sulfonamides is 1. The van der Waals surface area contributed by atoms with Gasteiger partial charge in [0.15, 0.2) is 0 Å². The van der Waals surface area contributed by atoms with Crippen molar-refractivity contribution in [3.63, 3.8) is 0 Å². The molecule has 7 heteroatoms. The topological polar surface area (TPSA) is 81.7 Å². The SMILES string of the molecule is COC(=O)c1cccc(CS(=O)(=O)NOCC(C)C)c1. The molecule has 112 valence electrons. The lowest BCUT2D eigenvalue weighted by Gasteiger charge is -2.09. The Balaban J connectivity index is 2.70. The second kappa shape index (κ2) is 7.37. The van der Waals surface area contributed by atoms with Crippen molar-refractivity contribution >= 4 is 16.0 Å². The maximum Gasteiger partial charge on any atom is 0.337 e. The molecular weight excluding hydrogens is 282 g/mol. The number of carbonyl (C=O) groups excluding carboxylic acids is 1. The quantitative estimate of drug-likeness (QED) is 0.609. The van der Waals surface area contributed by atoms with Gasteiger partial charge in [-0.25, -0.2) is 13.2 Å². The Morgan fingerprint density at radius 2 is 2.05 bits per heavy atom. The highest BCUT2D eigenvalue weighted by Crippen LogP contribution is 2.10. The van der Waals surface area contributed by atoms with Gasteiger partial charge >= 0.3 is 5.97 Å². The van der Waals surface area contributed by atoms with Gasteiger partial charge in [-0.2, -0.15) is 0 Å². The molecule has 0 amide bonds. The van der Waals surface area contributed by atoms with Gasteiger partial charge in [-0.15, -0.1) is 0 Å². The van der Waals surface area contributed by atoms with Crippen molar-refractivity contribution in [3.8, 4) is 0 Å². The molecule has 0 bridgehead atoms. The minimum atomic E-state index is -3.60. The van der Waals surface area contributed by atoms with Gasteiger partial charge in [0.05, 0.1) is 25.0 Å². The van der Waals surface area contributed by atoms with Crippen LogP contribution in [0, 0.1) is 5.92 Å². The summed E-state index contributed by atoms with van der Waals surface area (Å²) in [6, 6.07) is 6.26. The first kappa shape index (κ1) is 16.6. The molecule has 0 aliphatic rings. The van der Waals surface area contributed by atoms with Crippen molar-refractivity contribution < 1.29 is 22.8 Å². The highest BCUT2D eigenvalue weighted by atomic mass is 32.2. The Labute approximate surface area is 119 Å². The monoisotopic (exact) mass is 301 g/mol. The molecule has 1 aromatic rings. The Morgan fingerprint density at radius 3 is 2.65 bits per heavy atom. The first-order valence-electron chi connectivity index (χ1n) is 6.12. The van der Waals surface area contributed by atoms with E-state index in [4.69, 9.17) is 4.84 Å². The summed E-state index contributed by atoms with van der Waals surface area (Å²) >= 11 is 0. The minimum Gasteiger partial charge on any atom is -0.465 e. The van der Waals surface area contributed by atoms with E-state index in [9.17, 15) is 13.2 Å². The second-order valence-electron chi connectivity index (χ2n) is 4.74. The van der Waals surface area contributed by atoms with Gasteiger partial charge in [0.2, 0.25) is 10.0 Å². The van der Waals surface area contributed by atoms with Crippen LogP contribution in [0.3, 0.4) is 0 Å². The van der Waals surface area contributed by atoms with Gasteiger partial charge in [-0.1, -0.05) is 30.9 Å². The summed E-state index contributed by atoms with van der Waals surface area (Å²) in [6.45, 7) is 4.11. The molecule has 0 aliphatic carbocycles. The van der Waals surface area contributed by atoms with E-state index in [0.29, 0.717) is 17.7 Å². The molecule has 0 saturated carbocycles. The van der Waals surface area contributed by atoms with Crippen LogP contribution in [-0.4, -0.2) is 28.1 Å². The fraction of sp³-hybridized carbons (Fsp3) is 0.462. The van der Waals surface area contributed by atoms with E-state index in [2.05, 4.69) is 9.62 Å². The number of hydrogen-bond acceptors (Lipinski definition) is 5. The molecule has 6 nitrogen and oxygen atoms in total. The van der Waals surface area contributed by atoms with E-state index in [1.807, 2.05) is 13.8 Å². The van der Waals surface area contributed by atoms with Crippen LogP contribution in [0.4, 0.5) is 0 Å². The van der Waals surface area contributed by atoms with Crippen molar-refractivity contribution in [2.45, 2.75) is 19.6 Å². The van der Waals surface area contributed by atoms with Gasteiger partial charge < -0.3 is 4.74 Å². The average Bonchev–Trinajstić information content (AvgIpc) is 2.36. The molecule has 0 unspecified atom stereocenters. The average molecular weight is 301 g/mol. The predicted molar refractivity (Wildman–Crippen MR) is 74.3 cm³/mol. The zero-order valence-corrected chi connectivity index (χ0v) is 12.6. The Morgan fingerprint density at radius 1 is 1.35 bits per heavy atom. The molecule has 0 heterocycles. The minimum absolute atomic E-state index is 0.223. The van der Waals surface area contributed by atoms with Crippen LogP contribution >= 0.6 is 0 Å². The Bertz CT molecular complexity index is 554. The molecule has 1 aromatic carbocycles. The lowest BCUT2D eigenvalue weighted by molar-refractivity contribution is 0.0600. The molecule has 0 aliphatic heterocycles. The van der Waals surface area contributed by atoms with Gasteiger partial charge in [0, 0.05) is 0 Å². The number of methoxy groups -OCH3 is 1. The first-order chi connectivity index (χ1) is 9.34. The van der Waals surface area contributed by atoms with Gasteiger partial charge in [0.1, 0.15) is 0 Å². The molecule has 20 heavy (non-hydrogen) atoms. The van der Waals surface area contributed by atoms with Gasteiger partial charge in [0.25, 0.3) is 0 Å². The van der Waals surface area contributed by atoms with E-state index < -0.39 is 16.0 Å². The summed E-state index contributed by atoms with van der Waals surface area (Å²) in [5.74, 6) is -0.552. The lowest BCUT2D eigenvalue weighted by atomic mass is 10.1. The van der Waals surface area contributed by atoms with Crippen molar-refractivity contribution in [1.29, 1.82) is 0 Å². The fourth-order valence-corrected chi connectivity index (χ4v) is 2.37. The smallest absolute Gasteiger partial charge is 0.337 e. The number of benzene rings is 1. The van der Waals surface area contributed by atoms with Crippen LogP contribution in [0.15, 0.2) is 24.3 Å². The molecule has 0 atom stereocenters. The van der Waals surface area contributed by atoms with E-state index >= 15 is 0 Å². The van der Waals surface area contributed by atoms with Crippen LogP contribution < -0.4 is 4.89 Å². The number of ether oxygens (including phenoxy) is 1. The Hall–Kier alpha value is -1.44. The van der Waals surface area contributed by atoms with E-state index in [1.54, 1.807) is 18.2 Å². The van der Waals surface area contributed by atoms with Crippen LogP contribution in [-0.2, 0) is 25.4 Å². The number of rotatable bonds is 7. The van der Waals surface area contributed by atoms with Crippen molar-refractivity contribution in [2.24, 2.45) is 5.92 Å². The standard InChI is InChI=1S/C13H19NO5S/c1-10(2)8-19-14-20(16,17)9-11-5-4-6-12(7-11)13(15)18-3/h4-7,10,14H,8-9H2,1-3H3. The maximum atomic E-state index is 11.8. The van der Waals surface area contributed by atoms with Crippen molar-refractivity contribution in [1.82, 2.24) is 4.89 Å². The summed E-state index contributed by atoms with van der Waals surface area (Å²) in [7, 11) is -2.33. The molecule has 0 spiro atoms. The van der Waals surface area contributed by atoms with Crippen LogP contribution in [0.2, 0.25) is 0 Å². The molecule has 0 saturated heterocycles. The summed E-state index contributed by atoms with van der Waals surface area (Å²) in [5, 5.41) is 0. The summed E-state index contributed by atoms with van der Waals surface area (Å²) in [6.07, 6.45) is 0. The molecule has 0 aromatic heterocycles.